The predicted octanol–water partition coefficient (Wildman–Crippen LogP) is 3.69. The van der Waals surface area contributed by atoms with Crippen LogP contribution in [0.3, 0.4) is 0 Å². The second kappa shape index (κ2) is 4.90. The second-order valence-corrected chi connectivity index (χ2v) is 4.27. The summed E-state index contributed by atoms with van der Waals surface area (Å²) in [5.41, 5.74) is 1.37. The van der Waals surface area contributed by atoms with Crippen LogP contribution in [0.5, 0.6) is 0 Å². The van der Waals surface area contributed by atoms with E-state index in [4.69, 9.17) is 16.0 Å². The highest BCUT2D eigenvalue weighted by Crippen LogP contribution is 2.30. The van der Waals surface area contributed by atoms with Gasteiger partial charge in [-0.25, -0.2) is 4.39 Å². The third-order valence-electron chi connectivity index (χ3n) is 2.71. The molecule has 0 spiro atoms. The topological polar surface area (TPSA) is 25.2 Å². The molecular weight excluding hydrogens is 241 g/mol. The van der Waals surface area contributed by atoms with E-state index in [0.717, 1.165) is 11.3 Å². The van der Waals surface area contributed by atoms with Crippen LogP contribution in [-0.4, -0.2) is 7.05 Å². The van der Waals surface area contributed by atoms with Crippen molar-refractivity contribution in [2.45, 2.75) is 13.0 Å². The van der Waals surface area contributed by atoms with Crippen molar-refractivity contribution in [3.63, 3.8) is 0 Å². The maximum absolute atomic E-state index is 13.3. The highest BCUT2D eigenvalue weighted by atomic mass is 35.5. The summed E-state index contributed by atoms with van der Waals surface area (Å²) in [5, 5.41) is 3.50. The minimum atomic E-state index is -0.298. The van der Waals surface area contributed by atoms with E-state index in [1.165, 1.54) is 6.07 Å². The van der Waals surface area contributed by atoms with Gasteiger partial charge in [0.05, 0.1) is 12.3 Å². The van der Waals surface area contributed by atoms with Gasteiger partial charge in [0, 0.05) is 5.02 Å². The Bertz CT molecular complexity index is 510. The molecule has 17 heavy (non-hydrogen) atoms. The molecule has 1 N–H and O–H groups in total. The van der Waals surface area contributed by atoms with Crippen molar-refractivity contribution in [1.29, 1.82) is 0 Å². The van der Waals surface area contributed by atoms with Gasteiger partial charge in [-0.2, -0.15) is 0 Å². The molecule has 2 rings (SSSR count). The summed E-state index contributed by atoms with van der Waals surface area (Å²) in [6.07, 6.45) is 1.60. The molecule has 0 radical (unpaired) electrons. The van der Waals surface area contributed by atoms with Crippen molar-refractivity contribution in [3.8, 4) is 0 Å². The van der Waals surface area contributed by atoms with Crippen LogP contribution in [0.2, 0.25) is 5.02 Å². The normalized spacial score (nSPS) is 12.7. The maximum Gasteiger partial charge on any atom is 0.127 e. The quantitative estimate of drug-likeness (QED) is 0.903. The van der Waals surface area contributed by atoms with Crippen LogP contribution in [-0.2, 0) is 0 Å². The van der Waals surface area contributed by atoms with E-state index in [2.05, 4.69) is 5.32 Å². The summed E-state index contributed by atoms with van der Waals surface area (Å²) in [5.74, 6) is 0.452. The van der Waals surface area contributed by atoms with Crippen LogP contribution < -0.4 is 5.32 Å². The first kappa shape index (κ1) is 12.1. The van der Waals surface area contributed by atoms with E-state index in [9.17, 15) is 4.39 Å². The predicted molar refractivity (Wildman–Crippen MR) is 65.8 cm³/mol. The lowest BCUT2D eigenvalue weighted by molar-refractivity contribution is 0.463. The number of furan rings is 1. The number of nitrogens with one attached hydrogen (secondary N) is 1. The Kier molecular flexibility index (Phi) is 3.50. The molecule has 1 atom stereocenters. The number of halogens is 2. The summed E-state index contributed by atoms with van der Waals surface area (Å²) < 4.78 is 18.7. The lowest BCUT2D eigenvalue weighted by atomic mass is 10.0. The van der Waals surface area contributed by atoms with E-state index in [1.54, 1.807) is 19.3 Å². The fourth-order valence-electron chi connectivity index (χ4n) is 1.81. The Morgan fingerprint density at radius 1 is 1.41 bits per heavy atom. The molecule has 0 amide bonds. The Hall–Kier alpha value is -1.32. The van der Waals surface area contributed by atoms with E-state index < -0.39 is 0 Å². The van der Waals surface area contributed by atoms with Crippen LogP contribution in [0.4, 0.5) is 4.39 Å². The third kappa shape index (κ3) is 2.35. The monoisotopic (exact) mass is 253 g/mol. The molecule has 0 saturated heterocycles. The first-order valence-electron chi connectivity index (χ1n) is 5.29. The van der Waals surface area contributed by atoms with Crippen LogP contribution in [0, 0.1) is 12.7 Å². The minimum absolute atomic E-state index is 0.170. The molecule has 0 aliphatic heterocycles. The average molecular weight is 254 g/mol. The van der Waals surface area contributed by atoms with Crippen molar-refractivity contribution in [3.05, 3.63) is 58.3 Å². The van der Waals surface area contributed by atoms with Crippen molar-refractivity contribution in [1.82, 2.24) is 5.32 Å². The molecule has 4 heteroatoms. The molecule has 0 fully saturated rings. The summed E-state index contributed by atoms with van der Waals surface area (Å²) in [6.45, 7) is 1.71. The number of hydrogen-bond acceptors (Lipinski definition) is 2. The first-order valence-corrected chi connectivity index (χ1v) is 5.67. The molecule has 0 saturated carbocycles. The Morgan fingerprint density at radius 2 is 2.18 bits per heavy atom. The molecule has 0 aliphatic carbocycles. The van der Waals surface area contributed by atoms with Gasteiger partial charge in [-0.05, 0) is 49.4 Å². The summed E-state index contributed by atoms with van der Waals surface area (Å²) >= 11 is 6.07. The zero-order chi connectivity index (χ0) is 12.4. The summed E-state index contributed by atoms with van der Waals surface area (Å²) in [4.78, 5) is 0. The van der Waals surface area contributed by atoms with Gasteiger partial charge in [0.1, 0.15) is 11.6 Å². The zero-order valence-electron chi connectivity index (χ0n) is 9.63. The van der Waals surface area contributed by atoms with Crippen LogP contribution >= 0.6 is 11.6 Å². The smallest absolute Gasteiger partial charge is 0.127 e. The molecule has 1 aromatic carbocycles. The SMILES string of the molecule is CNC(c1ccco1)c1cc(C)c(F)cc1Cl. The highest BCUT2D eigenvalue weighted by molar-refractivity contribution is 6.31. The number of hydrogen-bond donors (Lipinski definition) is 1. The number of aryl methyl sites for hydroxylation is 1. The fourth-order valence-corrected chi connectivity index (χ4v) is 2.07. The van der Waals surface area contributed by atoms with Gasteiger partial charge in [-0.3, -0.25) is 0 Å². The summed E-state index contributed by atoms with van der Waals surface area (Å²) in [6, 6.07) is 6.57. The average Bonchev–Trinajstić information content (AvgIpc) is 2.80. The van der Waals surface area contributed by atoms with E-state index in [1.807, 2.05) is 19.2 Å². The maximum atomic E-state index is 13.3. The molecule has 1 aromatic heterocycles. The van der Waals surface area contributed by atoms with E-state index in [-0.39, 0.29) is 11.9 Å². The van der Waals surface area contributed by atoms with Crippen molar-refractivity contribution >= 4 is 11.6 Å². The van der Waals surface area contributed by atoms with Crippen molar-refractivity contribution < 1.29 is 8.81 Å². The molecular formula is C13H13ClFNO. The molecule has 2 aromatic rings. The lowest BCUT2D eigenvalue weighted by Crippen LogP contribution is -2.17. The Labute approximate surface area is 104 Å². The van der Waals surface area contributed by atoms with Gasteiger partial charge >= 0.3 is 0 Å². The standard InChI is InChI=1S/C13H13ClFNO/c1-8-6-9(10(14)7-11(8)15)13(16-2)12-4-3-5-17-12/h3-7,13,16H,1-2H3. The third-order valence-corrected chi connectivity index (χ3v) is 3.03. The first-order chi connectivity index (χ1) is 8.13. The minimum Gasteiger partial charge on any atom is -0.467 e. The molecule has 1 unspecified atom stereocenters. The van der Waals surface area contributed by atoms with Crippen LogP contribution in [0.1, 0.15) is 22.9 Å². The Morgan fingerprint density at radius 3 is 2.76 bits per heavy atom. The highest BCUT2D eigenvalue weighted by Gasteiger charge is 2.19. The van der Waals surface area contributed by atoms with E-state index >= 15 is 0 Å². The lowest BCUT2D eigenvalue weighted by Gasteiger charge is -2.16. The van der Waals surface area contributed by atoms with Gasteiger partial charge in [0.15, 0.2) is 0 Å². The molecule has 0 aliphatic rings. The second-order valence-electron chi connectivity index (χ2n) is 3.86. The number of benzene rings is 1. The number of rotatable bonds is 3. The van der Waals surface area contributed by atoms with Crippen molar-refractivity contribution in [2.75, 3.05) is 7.05 Å². The van der Waals surface area contributed by atoms with Gasteiger partial charge in [-0.1, -0.05) is 11.6 Å². The van der Waals surface area contributed by atoms with Gasteiger partial charge in [0.2, 0.25) is 0 Å². The summed E-state index contributed by atoms with van der Waals surface area (Å²) in [7, 11) is 1.81. The molecule has 90 valence electrons. The van der Waals surface area contributed by atoms with Crippen molar-refractivity contribution in [2.24, 2.45) is 0 Å². The van der Waals surface area contributed by atoms with E-state index in [0.29, 0.717) is 10.6 Å². The molecule has 2 nitrogen and oxygen atoms in total. The van der Waals surface area contributed by atoms with Gasteiger partial charge in [0.25, 0.3) is 0 Å². The molecule has 0 bridgehead atoms. The van der Waals surface area contributed by atoms with Crippen LogP contribution in [0.25, 0.3) is 0 Å². The zero-order valence-corrected chi connectivity index (χ0v) is 10.4. The Balaban J connectivity index is 2.48. The van der Waals surface area contributed by atoms with Crippen LogP contribution in [0.15, 0.2) is 34.9 Å². The van der Waals surface area contributed by atoms with Gasteiger partial charge in [-0.15, -0.1) is 0 Å². The van der Waals surface area contributed by atoms with Gasteiger partial charge < -0.3 is 9.73 Å². The molecule has 1 heterocycles. The fraction of sp³-hybridized carbons (Fsp3) is 0.231. The largest absolute Gasteiger partial charge is 0.467 e.